The molecule has 1 aliphatic carbocycles. The summed E-state index contributed by atoms with van der Waals surface area (Å²) in [5.41, 5.74) is 9.78. The number of benzene rings is 1. The number of hydrogen-bond acceptors (Lipinski definition) is 4. The summed E-state index contributed by atoms with van der Waals surface area (Å²) in [6.45, 7) is 9.79. The van der Waals surface area contributed by atoms with Crippen molar-refractivity contribution >= 4 is 17.9 Å². The average molecular weight is 434 g/mol. The zero-order valence-corrected chi connectivity index (χ0v) is 19.0. The first-order chi connectivity index (χ1) is 15.5. The highest BCUT2D eigenvalue weighted by molar-refractivity contribution is 5.99. The fraction of sp³-hybridized carbons (Fsp3) is 0.259. The number of anilines is 1. The van der Waals surface area contributed by atoms with Gasteiger partial charge in [0.2, 0.25) is 6.04 Å². The Hall–Kier alpha value is -3.60. The number of nitrogens with one attached hydrogen (secondary N) is 1. The number of nitrogen functional groups attached to an aromatic ring is 1. The van der Waals surface area contributed by atoms with Gasteiger partial charge in [-0.1, -0.05) is 67.3 Å². The van der Waals surface area contributed by atoms with Crippen LogP contribution in [-0.2, 0) is 9.47 Å². The van der Waals surface area contributed by atoms with Crippen molar-refractivity contribution < 1.29 is 19.3 Å². The lowest BCUT2D eigenvalue weighted by Gasteiger charge is -2.14. The van der Waals surface area contributed by atoms with E-state index in [0.717, 1.165) is 24.8 Å². The third-order valence-corrected chi connectivity index (χ3v) is 5.15. The summed E-state index contributed by atoms with van der Waals surface area (Å²) in [5.74, 6) is 0.152. The van der Waals surface area contributed by atoms with Gasteiger partial charge in [0.15, 0.2) is 12.0 Å². The molecular weight excluding hydrogens is 400 g/mol. The Morgan fingerprint density at radius 1 is 1.38 bits per heavy atom. The lowest BCUT2D eigenvalue weighted by molar-refractivity contribution is -0.491. The molecule has 168 valence electrons. The molecule has 1 atom stereocenters. The molecule has 0 bridgehead atoms. The molecule has 5 heteroatoms. The standard InChI is InChI=1S/C27H32N2O3/c1-5-7-12-21(6-2)19-32-27(30)24-16-11-15-23(26(24)28)18-29-25(20(3)31-4)17-22-13-9-8-10-14-22/h5-9,11-13,15-16,18,25H,2-3,10,14,17,19,28H2,1,4H3/p+1/b7-5-,21-12+,29-18?. The molecule has 0 saturated heterocycles. The SMILES string of the molecule is C=C/C(=C\C=C/C)COC(=O)c1cccc(C=[NH+]C(CC2=CC=CCC2)C(=C)OC)c1N. The van der Waals surface area contributed by atoms with Gasteiger partial charge in [-0.3, -0.25) is 0 Å². The van der Waals surface area contributed by atoms with E-state index in [1.54, 1.807) is 31.5 Å². The minimum absolute atomic E-state index is 0.111. The van der Waals surface area contributed by atoms with E-state index in [9.17, 15) is 4.79 Å². The molecule has 2 rings (SSSR count). The molecule has 0 saturated carbocycles. The van der Waals surface area contributed by atoms with Crippen molar-refractivity contribution in [3.8, 4) is 0 Å². The van der Waals surface area contributed by atoms with Crippen LogP contribution in [0.3, 0.4) is 0 Å². The van der Waals surface area contributed by atoms with Crippen LogP contribution >= 0.6 is 0 Å². The first kappa shape index (κ1) is 24.7. The molecule has 0 aromatic heterocycles. The van der Waals surface area contributed by atoms with Crippen LogP contribution < -0.4 is 10.7 Å². The summed E-state index contributed by atoms with van der Waals surface area (Å²) in [4.78, 5) is 16.0. The van der Waals surface area contributed by atoms with Gasteiger partial charge in [0.05, 0.1) is 23.9 Å². The smallest absolute Gasteiger partial charge is 0.340 e. The van der Waals surface area contributed by atoms with Gasteiger partial charge in [-0.2, -0.15) is 0 Å². The number of ether oxygens (including phenoxy) is 2. The van der Waals surface area contributed by atoms with Gasteiger partial charge >= 0.3 is 5.97 Å². The van der Waals surface area contributed by atoms with Gasteiger partial charge in [0.1, 0.15) is 6.61 Å². The van der Waals surface area contributed by atoms with E-state index in [0.29, 0.717) is 22.6 Å². The van der Waals surface area contributed by atoms with Crippen molar-refractivity contribution in [2.75, 3.05) is 19.5 Å². The van der Waals surface area contributed by atoms with Crippen molar-refractivity contribution in [3.05, 3.63) is 102 Å². The molecule has 0 radical (unpaired) electrons. The third kappa shape index (κ3) is 7.27. The number of para-hydroxylation sites is 1. The number of nitrogens with two attached hydrogens (primary N) is 1. The second-order valence-electron chi connectivity index (χ2n) is 7.39. The van der Waals surface area contributed by atoms with Gasteiger partial charge in [0.25, 0.3) is 0 Å². The number of rotatable bonds is 11. The van der Waals surface area contributed by atoms with E-state index in [1.807, 2.05) is 31.2 Å². The van der Waals surface area contributed by atoms with Crippen LogP contribution in [0.2, 0.25) is 0 Å². The quantitative estimate of drug-likeness (QED) is 0.183. The Morgan fingerprint density at radius 2 is 2.19 bits per heavy atom. The summed E-state index contributed by atoms with van der Waals surface area (Å²) < 4.78 is 10.8. The molecule has 1 aromatic rings. The highest BCUT2D eigenvalue weighted by atomic mass is 16.5. The topological polar surface area (TPSA) is 75.5 Å². The predicted octanol–water partition coefficient (Wildman–Crippen LogP) is 3.81. The van der Waals surface area contributed by atoms with Crippen LogP contribution in [0, 0.1) is 0 Å². The molecule has 3 N–H and O–H groups in total. The van der Waals surface area contributed by atoms with Crippen LogP contribution in [0.15, 0.2) is 90.8 Å². The van der Waals surface area contributed by atoms with E-state index in [-0.39, 0.29) is 12.6 Å². The molecule has 1 aliphatic rings. The maximum Gasteiger partial charge on any atom is 0.340 e. The molecule has 0 amide bonds. The Bertz CT molecular complexity index is 981. The highest BCUT2D eigenvalue weighted by Crippen LogP contribution is 2.19. The maximum absolute atomic E-state index is 12.6. The number of allylic oxidation sites excluding steroid dienone is 6. The van der Waals surface area contributed by atoms with E-state index in [1.165, 1.54) is 5.57 Å². The monoisotopic (exact) mass is 433 g/mol. The van der Waals surface area contributed by atoms with Crippen LogP contribution in [0.1, 0.15) is 42.1 Å². The minimum Gasteiger partial charge on any atom is -0.495 e. The second-order valence-corrected chi connectivity index (χ2v) is 7.39. The molecule has 0 heterocycles. The summed E-state index contributed by atoms with van der Waals surface area (Å²) in [7, 11) is 1.61. The number of carbonyl (C=O) groups excluding carboxylic acids is 1. The number of esters is 1. The number of methoxy groups -OCH3 is 1. The molecule has 0 fully saturated rings. The van der Waals surface area contributed by atoms with E-state index in [2.05, 4.69) is 36.4 Å². The molecule has 32 heavy (non-hydrogen) atoms. The van der Waals surface area contributed by atoms with E-state index in [4.69, 9.17) is 15.2 Å². The lowest BCUT2D eigenvalue weighted by atomic mass is 9.97. The van der Waals surface area contributed by atoms with Gasteiger partial charge < -0.3 is 15.2 Å². The van der Waals surface area contributed by atoms with Crippen molar-refractivity contribution in [2.45, 2.75) is 32.2 Å². The fourth-order valence-corrected chi connectivity index (χ4v) is 3.19. The van der Waals surface area contributed by atoms with Crippen molar-refractivity contribution in [3.63, 3.8) is 0 Å². The summed E-state index contributed by atoms with van der Waals surface area (Å²) in [6.07, 6.45) is 18.3. The Balaban J connectivity index is 2.16. The predicted molar refractivity (Wildman–Crippen MR) is 131 cm³/mol. The fourth-order valence-electron chi connectivity index (χ4n) is 3.19. The number of carbonyl (C=O) groups is 1. The van der Waals surface area contributed by atoms with Crippen LogP contribution in [0.5, 0.6) is 0 Å². The number of hydrogen-bond donors (Lipinski definition) is 2. The van der Waals surface area contributed by atoms with Gasteiger partial charge in [-0.05, 0) is 37.5 Å². The van der Waals surface area contributed by atoms with Gasteiger partial charge in [-0.25, -0.2) is 9.79 Å². The average Bonchev–Trinajstić information content (AvgIpc) is 2.82. The van der Waals surface area contributed by atoms with Crippen molar-refractivity contribution in [1.82, 2.24) is 0 Å². The molecule has 0 spiro atoms. The first-order valence-electron chi connectivity index (χ1n) is 10.7. The zero-order chi connectivity index (χ0) is 23.3. The van der Waals surface area contributed by atoms with Crippen LogP contribution in [0.4, 0.5) is 5.69 Å². The van der Waals surface area contributed by atoms with Crippen molar-refractivity contribution in [2.24, 2.45) is 0 Å². The molecule has 0 aliphatic heterocycles. The largest absolute Gasteiger partial charge is 0.495 e. The highest BCUT2D eigenvalue weighted by Gasteiger charge is 2.20. The molecule has 1 unspecified atom stereocenters. The maximum atomic E-state index is 12.6. The Morgan fingerprint density at radius 3 is 2.84 bits per heavy atom. The Labute approximate surface area is 191 Å². The molecule has 1 aromatic carbocycles. The summed E-state index contributed by atoms with van der Waals surface area (Å²) >= 11 is 0. The molecule has 5 nitrogen and oxygen atoms in total. The van der Waals surface area contributed by atoms with Crippen LogP contribution in [-0.4, -0.2) is 31.9 Å². The normalized spacial score (nSPS) is 14.9. The summed E-state index contributed by atoms with van der Waals surface area (Å²) in [5, 5.41) is 0. The zero-order valence-electron chi connectivity index (χ0n) is 19.0. The van der Waals surface area contributed by atoms with E-state index < -0.39 is 5.97 Å². The van der Waals surface area contributed by atoms with Crippen LogP contribution in [0.25, 0.3) is 0 Å². The van der Waals surface area contributed by atoms with Gasteiger partial charge in [-0.15, -0.1) is 0 Å². The summed E-state index contributed by atoms with van der Waals surface area (Å²) in [6, 6.07) is 5.16. The third-order valence-electron chi connectivity index (χ3n) is 5.15. The second kappa shape index (κ2) is 13.0. The van der Waals surface area contributed by atoms with E-state index >= 15 is 0 Å². The first-order valence-corrected chi connectivity index (χ1v) is 10.7. The minimum atomic E-state index is -0.483. The van der Waals surface area contributed by atoms with Crippen molar-refractivity contribution in [1.29, 1.82) is 0 Å². The molecular formula is C27H33N2O3+. The Kier molecular flexibility index (Phi) is 9.98. The lowest BCUT2D eigenvalue weighted by Crippen LogP contribution is -2.77. The van der Waals surface area contributed by atoms with Gasteiger partial charge in [0, 0.05) is 6.42 Å².